The number of ether oxygens (including phenoxy) is 2. The number of hydrogen-bond acceptors (Lipinski definition) is 8. The van der Waals surface area contributed by atoms with E-state index >= 15 is 0 Å². The van der Waals surface area contributed by atoms with Gasteiger partial charge in [-0.1, -0.05) is 0 Å². The van der Waals surface area contributed by atoms with Crippen LogP contribution in [0.5, 0.6) is 6.01 Å². The van der Waals surface area contributed by atoms with E-state index in [1.807, 2.05) is 21.0 Å². The monoisotopic (exact) mass is 284 g/mol. The third kappa shape index (κ3) is 6.48. The van der Waals surface area contributed by atoms with Crippen LogP contribution >= 0.6 is 0 Å². The first-order chi connectivity index (χ1) is 9.65. The molecule has 114 valence electrons. The summed E-state index contributed by atoms with van der Waals surface area (Å²) in [6.07, 6.45) is 0. The highest BCUT2D eigenvalue weighted by Gasteiger charge is 2.05. The Hall–Kier alpha value is -1.67. The highest BCUT2D eigenvalue weighted by atomic mass is 16.5. The third-order valence-electron chi connectivity index (χ3n) is 2.32. The molecule has 1 aromatic heterocycles. The van der Waals surface area contributed by atoms with Gasteiger partial charge in [0.15, 0.2) is 0 Å². The summed E-state index contributed by atoms with van der Waals surface area (Å²) < 4.78 is 10.8. The fraction of sp³-hybridized carbons (Fsp3) is 0.750. The zero-order valence-electron chi connectivity index (χ0n) is 12.6. The Kier molecular flexibility index (Phi) is 7.59. The zero-order valence-corrected chi connectivity index (χ0v) is 12.6. The van der Waals surface area contributed by atoms with Gasteiger partial charge in [-0.3, -0.25) is 0 Å². The first-order valence-corrected chi connectivity index (χ1v) is 6.68. The second-order valence-electron chi connectivity index (χ2n) is 4.29. The molecule has 0 saturated heterocycles. The Morgan fingerprint density at radius 3 is 2.50 bits per heavy atom. The number of hydrogen-bond donors (Lipinski definition) is 2. The van der Waals surface area contributed by atoms with Crippen molar-refractivity contribution in [2.45, 2.75) is 6.92 Å². The van der Waals surface area contributed by atoms with E-state index in [9.17, 15) is 0 Å². The molecule has 2 N–H and O–H groups in total. The predicted octanol–water partition coefficient (Wildman–Crippen LogP) is 0.302. The van der Waals surface area contributed by atoms with Crippen LogP contribution in [0.2, 0.25) is 0 Å². The van der Waals surface area contributed by atoms with E-state index in [2.05, 4.69) is 30.5 Å². The lowest BCUT2D eigenvalue weighted by Gasteiger charge is -2.11. The predicted molar refractivity (Wildman–Crippen MR) is 78.4 cm³/mol. The van der Waals surface area contributed by atoms with Crippen LogP contribution in [0.4, 0.5) is 11.9 Å². The van der Waals surface area contributed by atoms with Crippen molar-refractivity contribution in [1.29, 1.82) is 0 Å². The Balaban J connectivity index is 2.36. The molecule has 0 aliphatic carbocycles. The molecule has 0 saturated carbocycles. The first-order valence-electron chi connectivity index (χ1n) is 6.68. The van der Waals surface area contributed by atoms with Gasteiger partial charge in [0.25, 0.3) is 0 Å². The molecule has 0 atom stereocenters. The van der Waals surface area contributed by atoms with Gasteiger partial charge in [0, 0.05) is 20.1 Å². The van der Waals surface area contributed by atoms with Crippen LogP contribution in [0.25, 0.3) is 0 Å². The summed E-state index contributed by atoms with van der Waals surface area (Å²) in [6, 6.07) is 0.308. The largest absolute Gasteiger partial charge is 0.464 e. The molecule has 0 aliphatic rings. The molecule has 0 aromatic carbocycles. The smallest absolute Gasteiger partial charge is 0.323 e. The summed E-state index contributed by atoms with van der Waals surface area (Å²) >= 11 is 0. The van der Waals surface area contributed by atoms with Crippen molar-refractivity contribution in [1.82, 2.24) is 19.9 Å². The Morgan fingerprint density at radius 2 is 1.85 bits per heavy atom. The lowest BCUT2D eigenvalue weighted by Crippen LogP contribution is -2.20. The fourth-order valence-electron chi connectivity index (χ4n) is 1.33. The van der Waals surface area contributed by atoms with Gasteiger partial charge < -0.3 is 25.0 Å². The van der Waals surface area contributed by atoms with Gasteiger partial charge in [-0.2, -0.15) is 15.0 Å². The minimum Gasteiger partial charge on any atom is -0.464 e. The van der Waals surface area contributed by atoms with Crippen molar-refractivity contribution in [3.05, 3.63) is 0 Å². The highest BCUT2D eigenvalue weighted by Crippen LogP contribution is 2.10. The van der Waals surface area contributed by atoms with E-state index < -0.39 is 0 Å². The Labute approximate surface area is 119 Å². The summed E-state index contributed by atoms with van der Waals surface area (Å²) in [6.45, 7) is 5.24. The maximum atomic E-state index is 5.48. The minimum atomic E-state index is 0.308. The standard InChI is InChI=1S/C12H24N6O2/c1-5-20-12-16-10(13-2)15-11(17-12)14-6-8-19-9-7-18(3)4/h5-9H2,1-4H3,(H2,13,14,15,16,17). The fourth-order valence-corrected chi connectivity index (χ4v) is 1.33. The summed E-state index contributed by atoms with van der Waals surface area (Å²) in [4.78, 5) is 14.5. The number of nitrogens with one attached hydrogen (secondary N) is 2. The number of rotatable bonds is 10. The van der Waals surface area contributed by atoms with Gasteiger partial charge in [0.2, 0.25) is 11.9 Å². The normalized spacial score (nSPS) is 10.7. The second-order valence-corrected chi connectivity index (χ2v) is 4.29. The SMILES string of the molecule is CCOc1nc(NC)nc(NCCOCCN(C)C)n1. The molecule has 0 amide bonds. The summed E-state index contributed by atoms with van der Waals surface area (Å²) in [5, 5.41) is 5.96. The number of nitrogens with zero attached hydrogens (tertiary/aromatic N) is 4. The summed E-state index contributed by atoms with van der Waals surface area (Å²) in [7, 11) is 5.78. The van der Waals surface area contributed by atoms with E-state index in [1.165, 1.54) is 0 Å². The van der Waals surface area contributed by atoms with Crippen molar-refractivity contribution >= 4 is 11.9 Å². The molecule has 0 aliphatic heterocycles. The average Bonchev–Trinajstić information content (AvgIpc) is 2.42. The van der Waals surface area contributed by atoms with Crippen LogP contribution in [0, 0.1) is 0 Å². The quantitative estimate of drug-likeness (QED) is 0.594. The van der Waals surface area contributed by atoms with E-state index in [1.54, 1.807) is 7.05 Å². The summed E-state index contributed by atoms with van der Waals surface area (Å²) in [5.41, 5.74) is 0. The van der Waals surface area contributed by atoms with Gasteiger partial charge in [-0.15, -0.1) is 0 Å². The Morgan fingerprint density at radius 1 is 1.10 bits per heavy atom. The molecule has 1 rings (SSSR count). The van der Waals surface area contributed by atoms with Crippen LogP contribution in [0.3, 0.4) is 0 Å². The Bertz CT molecular complexity index is 388. The molecule has 0 unspecified atom stereocenters. The van der Waals surface area contributed by atoms with Gasteiger partial charge >= 0.3 is 6.01 Å². The molecule has 0 radical (unpaired) electrons. The van der Waals surface area contributed by atoms with Crippen LogP contribution < -0.4 is 15.4 Å². The molecule has 0 bridgehead atoms. The zero-order chi connectivity index (χ0) is 14.8. The van der Waals surface area contributed by atoms with Crippen molar-refractivity contribution in [3.8, 4) is 6.01 Å². The molecule has 1 heterocycles. The molecule has 8 heteroatoms. The minimum absolute atomic E-state index is 0.308. The van der Waals surface area contributed by atoms with Crippen molar-refractivity contribution in [2.24, 2.45) is 0 Å². The van der Waals surface area contributed by atoms with E-state index in [4.69, 9.17) is 9.47 Å². The average molecular weight is 284 g/mol. The molecule has 0 fully saturated rings. The third-order valence-corrected chi connectivity index (χ3v) is 2.32. The molecule has 8 nitrogen and oxygen atoms in total. The van der Waals surface area contributed by atoms with E-state index in [-0.39, 0.29) is 0 Å². The van der Waals surface area contributed by atoms with Crippen molar-refractivity contribution in [2.75, 3.05) is 64.7 Å². The molecular weight excluding hydrogens is 260 g/mol. The van der Waals surface area contributed by atoms with Gasteiger partial charge in [-0.25, -0.2) is 0 Å². The van der Waals surface area contributed by atoms with Gasteiger partial charge in [0.1, 0.15) is 0 Å². The highest BCUT2D eigenvalue weighted by molar-refractivity contribution is 5.35. The molecule has 1 aromatic rings. The van der Waals surface area contributed by atoms with Crippen LogP contribution in [-0.4, -0.2) is 73.9 Å². The lowest BCUT2D eigenvalue weighted by atomic mass is 10.6. The van der Waals surface area contributed by atoms with Gasteiger partial charge in [-0.05, 0) is 21.0 Å². The number of aromatic nitrogens is 3. The second kappa shape index (κ2) is 9.27. The number of likely N-dealkylation sites (N-methyl/N-ethyl adjacent to an activating group) is 1. The van der Waals surface area contributed by atoms with Crippen LogP contribution in [-0.2, 0) is 4.74 Å². The lowest BCUT2D eigenvalue weighted by molar-refractivity contribution is 0.126. The maximum Gasteiger partial charge on any atom is 0.323 e. The molecular formula is C12H24N6O2. The maximum absolute atomic E-state index is 5.48. The molecule has 20 heavy (non-hydrogen) atoms. The van der Waals surface area contributed by atoms with E-state index in [0.29, 0.717) is 44.3 Å². The summed E-state index contributed by atoms with van der Waals surface area (Å²) in [5.74, 6) is 0.948. The van der Waals surface area contributed by atoms with Crippen LogP contribution in [0.15, 0.2) is 0 Å². The van der Waals surface area contributed by atoms with Crippen molar-refractivity contribution in [3.63, 3.8) is 0 Å². The molecule has 0 spiro atoms. The first kappa shape index (κ1) is 16.4. The van der Waals surface area contributed by atoms with Crippen molar-refractivity contribution < 1.29 is 9.47 Å². The van der Waals surface area contributed by atoms with Gasteiger partial charge in [0.05, 0.1) is 19.8 Å². The topological polar surface area (TPSA) is 84.4 Å². The van der Waals surface area contributed by atoms with E-state index in [0.717, 1.165) is 6.54 Å². The van der Waals surface area contributed by atoms with Crippen LogP contribution in [0.1, 0.15) is 6.92 Å². The number of anilines is 2.